The largest absolute Gasteiger partial charge is 0.281 e. The molecule has 0 radical (unpaired) electrons. The highest BCUT2D eigenvalue weighted by Crippen LogP contribution is 2.24. The van der Waals surface area contributed by atoms with Crippen LogP contribution in [0.3, 0.4) is 0 Å². The molecule has 120 valence electrons. The first-order valence-electron chi connectivity index (χ1n) is 7.97. The summed E-state index contributed by atoms with van der Waals surface area (Å²) in [5.41, 5.74) is 9.91. The summed E-state index contributed by atoms with van der Waals surface area (Å²) in [4.78, 5) is 4.54. The normalized spacial score (nSPS) is 13.8. The Hall–Kier alpha value is -1.94. The van der Waals surface area contributed by atoms with Gasteiger partial charge in [-0.15, -0.1) is 0 Å². The van der Waals surface area contributed by atoms with Gasteiger partial charge in [-0.1, -0.05) is 53.7 Å². The monoisotopic (exact) mass is 325 g/mol. The van der Waals surface area contributed by atoms with Crippen LogP contribution in [-0.4, -0.2) is 17.5 Å². The summed E-state index contributed by atoms with van der Waals surface area (Å²) >= 11 is 1.79. The molecule has 23 heavy (non-hydrogen) atoms. The Kier molecular flexibility index (Phi) is 4.91. The number of rotatable bonds is 4. The summed E-state index contributed by atoms with van der Waals surface area (Å²) in [7, 11) is 0. The predicted octanol–water partition coefficient (Wildman–Crippen LogP) is 4.23. The maximum Gasteiger partial charge on any atom is 0.175 e. The maximum atomic E-state index is 4.54. The lowest BCUT2D eigenvalue weighted by molar-refractivity contribution is 0.765. The minimum absolute atomic E-state index is 0.811. The number of hydrogen-bond donors (Lipinski definition) is 1. The Balaban J connectivity index is 1.91. The number of anilines is 1. The van der Waals surface area contributed by atoms with E-state index in [1.807, 2.05) is 0 Å². The fourth-order valence-electron chi connectivity index (χ4n) is 2.72. The second-order valence-corrected chi connectivity index (χ2v) is 7.02. The molecule has 3 nitrogen and oxygen atoms in total. The molecule has 0 aliphatic carbocycles. The highest BCUT2D eigenvalue weighted by Gasteiger charge is 2.15. The number of nitrogens with zero attached hydrogens (tertiary/aromatic N) is 2. The predicted molar refractivity (Wildman–Crippen MR) is 101 cm³/mol. The Labute approximate surface area is 142 Å². The van der Waals surface area contributed by atoms with Crippen molar-refractivity contribution < 1.29 is 0 Å². The van der Waals surface area contributed by atoms with Gasteiger partial charge in [0, 0.05) is 5.75 Å². The van der Waals surface area contributed by atoms with Crippen molar-refractivity contribution in [2.75, 3.05) is 17.3 Å². The van der Waals surface area contributed by atoms with Crippen molar-refractivity contribution in [3.8, 4) is 0 Å². The zero-order valence-corrected chi connectivity index (χ0v) is 14.8. The number of thioether (sulfide) groups is 1. The third-order valence-corrected chi connectivity index (χ3v) is 4.99. The Morgan fingerprint density at radius 2 is 1.96 bits per heavy atom. The SMILES string of the molecule is Cc1cccc(CN(NC2=NCCS2)c2cccc(C)c2C)c1. The van der Waals surface area contributed by atoms with Crippen LogP contribution in [0.2, 0.25) is 0 Å². The number of aliphatic imine (C=N–C) groups is 1. The lowest BCUT2D eigenvalue weighted by Gasteiger charge is -2.28. The molecule has 2 aromatic rings. The summed E-state index contributed by atoms with van der Waals surface area (Å²) in [6.45, 7) is 8.18. The first-order chi connectivity index (χ1) is 11.1. The zero-order valence-electron chi connectivity index (χ0n) is 14.0. The Bertz CT molecular complexity index is 724. The third kappa shape index (κ3) is 3.88. The van der Waals surface area contributed by atoms with Gasteiger partial charge in [0.05, 0.1) is 18.8 Å². The van der Waals surface area contributed by atoms with Crippen LogP contribution in [0.5, 0.6) is 0 Å². The molecule has 2 aromatic carbocycles. The summed E-state index contributed by atoms with van der Waals surface area (Å²) in [5, 5.41) is 3.23. The summed E-state index contributed by atoms with van der Waals surface area (Å²) < 4.78 is 0. The van der Waals surface area contributed by atoms with Crippen LogP contribution >= 0.6 is 11.8 Å². The van der Waals surface area contributed by atoms with E-state index in [1.165, 1.54) is 27.9 Å². The topological polar surface area (TPSA) is 27.6 Å². The summed E-state index contributed by atoms with van der Waals surface area (Å²) in [6.07, 6.45) is 0. The molecule has 3 rings (SSSR count). The Morgan fingerprint density at radius 3 is 2.70 bits per heavy atom. The third-order valence-electron chi connectivity index (χ3n) is 4.11. The number of amidine groups is 1. The van der Waals surface area contributed by atoms with Crippen LogP contribution in [0.1, 0.15) is 22.3 Å². The molecule has 4 heteroatoms. The van der Waals surface area contributed by atoms with Gasteiger partial charge in [0.25, 0.3) is 0 Å². The molecule has 0 spiro atoms. The standard InChI is InChI=1S/C19H23N3S/c1-14-6-4-8-17(12-14)13-22(21-19-20-10-11-23-19)18-9-5-7-15(2)16(18)3/h4-9,12H,10-11,13H2,1-3H3,(H,20,21). The van der Waals surface area contributed by atoms with E-state index in [0.717, 1.165) is 24.0 Å². The number of nitrogens with one attached hydrogen (secondary N) is 1. The highest BCUT2D eigenvalue weighted by molar-refractivity contribution is 8.14. The zero-order chi connectivity index (χ0) is 16.2. The molecule has 0 fully saturated rings. The van der Waals surface area contributed by atoms with Crippen molar-refractivity contribution in [2.24, 2.45) is 4.99 Å². The second kappa shape index (κ2) is 7.09. The number of hydrazine groups is 1. The van der Waals surface area contributed by atoms with Gasteiger partial charge in [0.1, 0.15) is 0 Å². The molecule has 0 atom stereocenters. The van der Waals surface area contributed by atoms with Crippen molar-refractivity contribution in [3.05, 3.63) is 64.7 Å². The molecule has 0 saturated carbocycles. The summed E-state index contributed by atoms with van der Waals surface area (Å²) in [6, 6.07) is 15.1. The lowest BCUT2D eigenvalue weighted by atomic mass is 10.1. The van der Waals surface area contributed by atoms with Crippen LogP contribution in [0.4, 0.5) is 5.69 Å². The van der Waals surface area contributed by atoms with Gasteiger partial charge in [-0.2, -0.15) is 0 Å². The molecule has 0 saturated heterocycles. The van der Waals surface area contributed by atoms with E-state index < -0.39 is 0 Å². The van der Waals surface area contributed by atoms with Gasteiger partial charge in [-0.05, 0) is 43.5 Å². The Morgan fingerprint density at radius 1 is 1.13 bits per heavy atom. The average Bonchev–Trinajstić information content (AvgIpc) is 3.02. The minimum atomic E-state index is 0.811. The van der Waals surface area contributed by atoms with Gasteiger partial charge >= 0.3 is 0 Å². The first kappa shape index (κ1) is 15.9. The smallest absolute Gasteiger partial charge is 0.175 e. The number of hydrogen-bond acceptors (Lipinski definition) is 4. The van der Waals surface area contributed by atoms with Crippen LogP contribution in [0, 0.1) is 20.8 Å². The van der Waals surface area contributed by atoms with Crippen molar-refractivity contribution in [2.45, 2.75) is 27.3 Å². The van der Waals surface area contributed by atoms with Crippen molar-refractivity contribution >= 4 is 22.6 Å². The quantitative estimate of drug-likeness (QED) is 0.853. The summed E-state index contributed by atoms with van der Waals surface area (Å²) in [5.74, 6) is 1.06. The molecule has 0 bridgehead atoms. The fraction of sp³-hybridized carbons (Fsp3) is 0.316. The van der Waals surface area contributed by atoms with Crippen LogP contribution in [0.15, 0.2) is 47.5 Å². The van der Waals surface area contributed by atoms with Gasteiger partial charge in [-0.25, -0.2) is 0 Å². The number of aryl methyl sites for hydroxylation is 2. The van der Waals surface area contributed by atoms with Crippen molar-refractivity contribution in [1.29, 1.82) is 0 Å². The van der Waals surface area contributed by atoms with Gasteiger partial charge in [0.15, 0.2) is 5.17 Å². The van der Waals surface area contributed by atoms with E-state index in [4.69, 9.17) is 0 Å². The minimum Gasteiger partial charge on any atom is -0.281 e. The van der Waals surface area contributed by atoms with E-state index >= 15 is 0 Å². The molecule has 0 aromatic heterocycles. The van der Waals surface area contributed by atoms with Crippen LogP contribution in [0.25, 0.3) is 0 Å². The van der Waals surface area contributed by atoms with E-state index in [0.29, 0.717) is 0 Å². The first-order valence-corrected chi connectivity index (χ1v) is 8.95. The highest BCUT2D eigenvalue weighted by atomic mass is 32.2. The molecular weight excluding hydrogens is 302 g/mol. The molecule has 0 amide bonds. The molecule has 0 unspecified atom stereocenters. The van der Waals surface area contributed by atoms with E-state index in [9.17, 15) is 0 Å². The molecule has 1 aliphatic heterocycles. The molecule has 1 heterocycles. The van der Waals surface area contributed by atoms with Gasteiger partial charge < -0.3 is 0 Å². The lowest BCUT2D eigenvalue weighted by Crippen LogP contribution is -2.40. The van der Waals surface area contributed by atoms with Crippen LogP contribution in [-0.2, 0) is 6.54 Å². The van der Waals surface area contributed by atoms with Gasteiger partial charge in [0.2, 0.25) is 0 Å². The average molecular weight is 325 g/mol. The van der Waals surface area contributed by atoms with Crippen molar-refractivity contribution in [1.82, 2.24) is 5.43 Å². The maximum absolute atomic E-state index is 4.54. The fourth-order valence-corrected chi connectivity index (χ4v) is 3.46. The van der Waals surface area contributed by atoms with Crippen LogP contribution < -0.4 is 10.4 Å². The van der Waals surface area contributed by atoms with E-state index in [1.54, 1.807) is 11.8 Å². The molecule has 1 N–H and O–H groups in total. The van der Waals surface area contributed by atoms with Crippen molar-refractivity contribution in [3.63, 3.8) is 0 Å². The second-order valence-electron chi connectivity index (χ2n) is 5.94. The number of benzene rings is 2. The van der Waals surface area contributed by atoms with E-state index in [-0.39, 0.29) is 0 Å². The molecule has 1 aliphatic rings. The van der Waals surface area contributed by atoms with E-state index in [2.05, 4.69) is 78.7 Å². The molecular formula is C19H23N3S. The van der Waals surface area contributed by atoms with Gasteiger partial charge in [-0.3, -0.25) is 15.4 Å².